The Morgan fingerprint density at radius 2 is 1.71 bits per heavy atom. The Kier molecular flexibility index (Phi) is 3.83. The van der Waals surface area contributed by atoms with Crippen LogP contribution in [-0.4, -0.2) is 4.98 Å². The highest BCUT2D eigenvalue weighted by molar-refractivity contribution is 5.24. The Bertz CT molecular complexity index is 497. The van der Waals surface area contributed by atoms with Gasteiger partial charge in [-0.2, -0.15) is 4.39 Å². The Balaban J connectivity index is 2.02. The van der Waals surface area contributed by atoms with E-state index in [0.717, 1.165) is 24.0 Å². The molecule has 0 radical (unpaired) electrons. The summed E-state index contributed by atoms with van der Waals surface area (Å²) in [6.07, 6.45) is 3.20. The van der Waals surface area contributed by atoms with Crippen LogP contribution >= 0.6 is 0 Å². The predicted octanol–water partition coefficient (Wildman–Crippen LogP) is 2.46. The molecule has 2 N–H and O–H groups in total. The zero-order chi connectivity index (χ0) is 12.1. The number of hydrogen-bond acceptors (Lipinski definition) is 2. The van der Waals surface area contributed by atoms with Crippen molar-refractivity contribution in [1.29, 1.82) is 0 Å². The zero-order valence-electron chi connectivity index (χ0n) is 9.57. The fraction of sp³-hybridized carbons (Fsp3) is 0.214. The number of halogens is 1. The molecule has 0 saturated heterocycles. The first-order valence-electron chi connectivity index (χ1n) is 5.66. The van der Waals surface area contributed by atoms with Gasteiger partial charge in [-0.15, -0.1) is 0 Å². The molecule has 0 unspecified atom stereocenters. The Morgan fingerprint density at radius 1 is 1.00 bits per heavy atom. The van der Waals surface area contributed by atoms with Crippen LogP contribution in [-0.2, 0) is 19.4 Å². The third-order valence-electron chi connectivity index (χ3n) is 2.72. The third-order valence-corrected chi connectivity index (χ3v) is 2.72. The van der Waals surface area contributed by atoms with E-state index in [-0.39, 0.29) is 0 Å². The Labute approximate surface area is 100 Å². The number of aryl methyl sites for hydroxylation is 2. The normalized spacial score (nSPS) is 10.5. The van der Waals surface area contributed by atoms with Gasteiger partial charge in [0.1, 0.15) is 0 Å². The van der Waals surface area contributed by atoms with E-state index >= 15 is 0 Å². The molecule has 1 heterocycles. The molecule has 88 valence electrons. The Morgan fingerprint density at radius 3 is 2.41 bits per heavy atom. The monoisotopic (exact) mass is 230 g/mol. The maximum atomic E-state index is 12.9. The second-order valence-electron chi connectivity index (χ2n) is 4.01. The molecule has 17 heavy (non-hydrogen) atoms. The van der Waals surface area contributed by atoms with E-state index < -0.39 is 5.95 Å². The van der Waals surface area contributed by atoms with E-state index in [9.17, 15) is 4.39 Å². The summed E-state index contributed by atoms with van der Waals surface area (Å²) >= 11 is 0. The molecular weight excluding hydrogens is 215 g/mol. The summed E-state index contributed by atoms with van der Waals surface area (Å²) in [5, 5.41) is 0. The molecule has 0 amide bonds. The molecule has 0 aliphatic heterocycles. The van der Waals surface area contributed by atoms with Gasteiger partial charge in [-0.25, -0.2) is 4.98 Å². The Hall–Kier alpha value is -1.74. The summed E-state index contributed by atoms with van der Waals surface area (Å²) in [4.78, 5) is 3.54. The van der Waals surface area contributed by atoms with Gasteiger partial charge >= 0.3 is 0 Å². The second kappa shape index (κ2) is 5.55. The molecular formula is C14H15FN2. The van der Waals surface area contributed by atoms with Crippen LogP contribution in [0.15, 0.2) is 42.6 Å². The average molecular weight is 230 g/mol. The number of hydrogen-bond donors (Lipinski definition) is 1. The quantitative estimate of drug-likeness (QED) is 0.819. The number of aromatic nitrogens is 1. The lowest BCUT2D eigenvalue weighted by Gasteiger charge is -2.04. The standard InChI is InChI=1S/C14H15FN2/c15-14-9-12(6-7-17-14)5-4-11-2-1-3-13(8-11)10-16/h1-3,6-9H,4-5,10,16H2. The molecule has 0 bridgehead atoms. The lowest BCUT2D eigenvalue weighted by Crippen LogP contribution is -1.98. The van der Waals surface area contributed by atoms with E-state index in [2.05, 4.69) is 17.1 Å². The summed E-state index contributed by atoms with van der Waals surface area (Å²) < 4.78 is 12.9. The van der Waals surface area contributed by atoms with Crippen LogP contribution in [0.2, 0.25) is 0 Å². The van der Waals surface area contributed by atoms with Crippen LogP contribution in [0.3, 0.4) is 0 Å². The van der Waals surface area contributed by atoms with Gasteiger partial charge in [-0.05, 0) is 41.7 Å². The molecule has 0 spiro atoms. The van der Waals surface area contributed by atoms with Gasteiger partial charge in [-0.1, -0.05) is 24.3 Å². The minimum Gasteiger partial charge on any atom is -0.326 e. The van der Waals surface area contributed by atoms with E-state index in [4.69, 9.17) is 5.73 Å². The SMILES string of the molecule is NCc1cccc(CCc2ccnc(F)c2)c1. The van der Waals surface area contributed by atoms with Crippen LogP contribution in [0, 0.1) is 5.95 Å². The van der Waals surface area contributed by atoms with E-state index in [0.29, 0.717) is 6.54 Å². The van der Waals surface area contributed by atoms with Crippen LogP contribution in [0.1, 0.15) is 16.7 Å². The highest BCUT2D eigenvalue weighted by atomic mass is 19.1. The van der Waals surface area contributed by atoms with Crippen molar-refractivity contribution in [2.45, 2.75) is 19.4 Å². The van der Waals surface area contributed by atoms with Crippen molar-refractivity contribution in [3.05, 3.63) is 65.2 Å². The highest BCUT2D eigenvalue weighted by Crippen LogP contribution is 2.09. The molecule has 0 aliphatic rings. The molecule has 2 aromatic rings. The molecule has 1 aromatic carbocycles. The van der Waals surface area contributed by atoms with Gasteiger partial charge in [-0.3, -0.25) is 0 Å². The minimum atomic E-state index is -0.418. The van der Waals surface area contributed by atoms with Crippen LogP contribution < -0.4 is 5.73 Å². The third kappa shape index (κ3) is 3.36. The van der Waals surface area contributed by atoms with Gasteiger partial charge in [0.2, 0.25) is 5.95 Å². The summed E-state index contributed by atoms with van der Waals surface area (Å²) in [6.45, 7) is 0.553. The number of nitrogens with zero attached hydrogens (tertiary/aromatic N) is 1. The molecule has 3 heteroatoms. The maximum Gasteiger partial charge on any atom is 0.213 e. The molecule has 0 saturated carbocycles. The van der Waals surface area contributed by atoms with Gasteiger partial charge < -0.3 is 5.73 Å². The van der Waals surface area contributed by atoms with Gasteiger partial charge in [0.25, 0.3) is 0 Å². The molecule has 2 nitrogen and oxygen atoms in total. The largest absolute Gasteiger partial charge is 0.326 e. The van der Waals surface area contributed by atoms with Gasteiger partial charge in [0.05, 0.1) is 0 Å². The fourth-order valence-electron chi connectivity index (χ4n) is 1.80. The summed E-state index contributed by atoms with van der Waals surface area (Å²) in [6, 6.07) is 11.5. The average Bonchev–Trinajstić information content (AvgIpc) is 2.37. The zero-order valence-corrected chi connectivity index (χ0v) is 9.57. The smallest absolute Gasteiger partial charge is 0.213 e. The van der Waals surface area contributed by atoms with Crippen molar-refractivity contribution in [2.75, 3.05) is 0 Å². The van der Waals surface area contributed by atoms with Crippen molar-refractivity contribution in [3.63, 3.8) is 0 Å². The molecule has 0 fully saturated rings. The lowest BCUT2D eigenvalue weighted by atomic mass is 10.0. The van der Waals surface area contributed by atoms with E-state index in [1.165, 1.54) is 17.8 Å². The molecule has 1 aromatic heterocycles. The van der Waals surface area contributed by atoms with Crippen LogP contribution in [0.5, 0.6) is 0 Å². The number of benzene rings is 1. The van der Waals surface area contributed by atoms with Gasteiger partial charge in [0, 0.05) is 12.7 Å². The molecule has 2 rings (SSSR count). The van der Waals surface area contributed by atoms with Crippen LogP contribution in [0.25, 0.3) is 0 Å². The van der Waals surface area contributed by atoms with E-state index in [1.54, 1.807) is 0 Å². The molecule has 0 aliphatic carbocycles. The van der Waals surface area contributed by atoms with Crippen molar-refractivity contribution in [3.8, 4) is 0 Å². The topological polar surface area (TPSA) is 38.9 Å². The first kappa shape index (κ1) is 11.7. The van der Waals surface area contributed by atoms with Crippen molar-refractivity contribution in [1.82, 2.24) is 4.98 Å². The summed E-state index contributed by atoms with van der Waals surface area (Å²) in [5.74, 6) is -0.418. The van der Waals surface area contributed by atoms with Crippen molar-refractivity contribution in [2.24, 2.45) is 5.73 Å². The first-order valence-corrected chi connectivity index (χ1v) is 5.66. The second-order valence-corrected chi connectivity index (χ2v) is 4.01. The first-order chi connectivity index (χ1) is 8.28. The fourth-order valence-corrected chi connectivity index (χ4v) is 1.80. The number of rotatable bonds is 4. The maximum absolute atomic E-state index is 12.9. The summed E-state index contributed by atoms with van der Waals surface area (Å²) in [7, 11) is 0. The minimum absolute atomic E-state index is 0.418. The summed E-state index contributed by atoms with van der Waals surface area (Å²) in [5.41, 5.74) is 8.91. The molecule has 0 atom stereocenters. The lowest BCUT2D eigenvalue weighted by molar-refractivity contribution is 0.581. The van der Waals surface area contributed by atoms with Crippen molar-refractivity contribution >= 4 is 0 Å². The van der Waals surface area contributed by atoms with E-state index in [1.807, 2.05) is 18.2 Å². The number of pyridine rings is 1. The van der Waals surface area contributed by atoms with Crippen molar-refractivity contribution < 1.29 is 4.39 Å². The predicted molar refractivity (Wildman–Crippen MR) is 65.9 cm³/mol. The van der Waals surface area contributed by atoms with Crippen LogP contribution in [0.4, 0.5) is 4.39 Å². The van der Waals surface area contributed by atoms with Gasteiger partial charge in [0.15, 0.2) is 0 Å². The number of nitrogens with two attached hydrogens (primary N) is 1. The highest BCUT2D eigenvalue weighted by Gasteiger charge is 1.99.